The molecule has 1 aromatic heterocycles. The van der Waals surface area contributed by atoms with Crippen molar-refractivity contribution < 1.29 is 4.39 Å². The van der Waals surface area contributed by atoms with E-state index in [1.807, 2.05) is 24.5 Å². The van der Waals surface area contributed by atoms with E-state index < -0.39 is 0 Å². The fourth-order valence-corrected chi connectivity index (χ4v) is 4.14. The van der Waals surface area contributed by atoms with E-state index in [-0.39, 0.29) is 11.9 Å². The van der Waals surface area contributed by atoms with E-state index in [4.69, 9.17) is 0 Å². The molecule has 3 rings (SSSR count). The van der Waals surface area contributed by atoms with Crippen LogP contribution in [0.15, 0.2) is 30.3 Å². The minimum Gasteiger partial charge on any atom is -0.312 e. The lowest BCUT2D eigenvalue weighted by molar-refractivity contribution is 0.591. The van der Waals surface area contributed by atoms with Crippen LogP contribution in [0.5, 0.6) is 0 Å². The minimum atomic E-state index is -0.152. The normalized spacial score (nSPS) is 15.5. The second-order valence-electron chi connectivity index (χ2n) is 5.13. The first-order chi connectivity index (χ1) is 9.26. The first-order valence-electron chi connectivity index (χ1n) is 6.79. The van der Waals surface area contributed by atoms with E-state index in [1.165, 1.54) is 35.8 Å². The van der Waals surface area contributed by atoms with Gasteiger partial charge >= 0.3 is 0 Å². The fourth-order valence-electron chi connectivity index (χ4n) is 2.77. The number of aryl methyl sites for hydroxylation is 2. The second-order valence-corrected chi connectivity index (χ2v) is 6.29. The lowest BCUT2D eigenvalue weighted by Gasteiger charge is -2.14. The number of fused-ring (bicyclic) bond motifs is 1. The van der Waals surface area contributed by atoms with Crippen LogP contribution in [0.25, 0.3) is 0 Å². The molecule has 0 spiro atoms. The predicted octanol–water partition coefficient (Wildman–Crippen LogP) is 3.88. The van der Waals surface area contributed by atoms with Gasteiger partial charge in [0.2, 0.25) is 0 Å². The summed E-state index contributed by atoms with van der Waals surface area (Å²) in [6, 6.07) is 9.54. The van der Waals surface area contributed by atoms with Crippen molar-refractivity contribution in [2.24, 2.45) is 0 Å². The van der Waals surface area contributed by atoms with E-state index >= 15 is 0 Å². The average Bonchev–Trinajstić information content (AvgIpc) is 2.96. The molecule has 1 unspecified atom stereocenters. The Kier molecular flexibility index (Phi) is 3.67. The molecule has 1 aliphatic carbocycles. The molecular weight excluding hydrogens is 257 g/mol. The first kappa shape index (κ1) is 12.8. The molecule has 0 saturated heterocycles. The summed E-state index contributed by atoms with van der Waals surface area (Å²) in [5.41, 5.74) is 2.58. The van der Waals surface area contributed by atoms with Crippen LogP contribution in [-0.4, -0.2) is 7.05 Å². The highest BCUT2D eigenvalue weighted by atomic mass is 32.1. The van der Waals surface area contributed by atoms with E-state index in [2.05, 4.69) is 11.4 Å². The van der Waals surface area contributed by atoms with Gasteiger partial charge in [-0.3, -0.25) is 0 Å². The zero-order valence-corrected chi connectivity index (χ0v) is 11.9. The van der Waals surface area contributed by atoms with Gasteiger partial charge in [0.25, 0.3) is 0 Å². The van der Waals surface area contributed by atoms with Gasteiger partial charge < -0.3 is 5.32 Å². The summed E-state index contributed by atoms with van der Waals surface area (Å²) >= 11 is 1.92. The van der Waals surface area contributed by atoms with Crippen molar-refractivity contribution in [3.05, 3.63) is 57.0 Å². The van der Waals surface area contributed by atoms with Gasteiger partial charge in [-0.15, -0.1) is 11.3 Å². The molecule has 0 saturated carbocycles. The molecule has 1 aromatic carbocycles. The molecule has 0 bridgehead atoms. The summed E-state index contributed by atoms with van der Waals surface area (Å²) in [6.07, 6.45) is 4.60. The number of likely N-dealkylation sites (N-methyl/N-ethyl adjacent to an activating group) is 1. The Hall–Kier alpha value is -1.19. The molecule has 0 amide bonds. The maximum absolute atomic E-state index is 13.2. The number of hydrogen-bond donors (Lipinski definition) is 1. The number of halogens is 1. The van der Waals surface area contributed by atoms with Gasteiger partial charge in [-0.25, -0.2) is 4.39 Å². The zero-order valence-electron chi connectivity index (χ0n) is 11.1. The monoisotopic (exact) mass is 275 g/mol. The van der Waals surface area contributed by atoms with Crippen molar-refractivity contribution >= 4 is 11.3 Å². The maximum Gasteiger partial charge on any atom is 0.123 e. The molecule has 19 heavy (non-hydrogen) atoms. The van der Waals surface area contributed by atoms with Crippen LogP contribution in [0, 0.1) is 5.82 Å². The number of thiophene rings is 1. The molecule has 1 atom stereocenters. The molecule has 1 N–H and O–H groups in total. The average molecular weight is 275 g/mol. The summed E-state index contributed by atoms with van der Waals surface area (Å²) in [7, 11) is 1.98. The van der Waals surface area contributed by atoms with Crippen LogP contribution in [-0.2, 0) is 19.3 Å². The summed E-state index contributed by atoms with van der Waals surface area (Å²) < 4.78 is 13.2. The summed E-state index contributed by atoms with van der Waals surface area (Å²) in [5.74, 6) is -0.152. The molecule has 0 fully saturated rings. The van der Waals surface area contributed by atoms with Crippen molar-refractivity contribution in [2.75, 3.05) is 7.05 Å². The smallest absolute Gasteiger partial charge is 0.123 e. The molecular formula is C16H18FNS. The number of nitrogens with one attached hydrogen (secondary N) is 1. The van der Waals surface area contributed by atoms with E-state index in [0.29, 0.717) is 0 Å². The van der Waals surface area contributed by atoms with E-state index in [0.717, 1.165) is 12.0 Å². The van der Waals surface area contributed by atoms with Crippen LogP contribution >= 0.6 is 11.3 Å². The molecule has 1 heterocycles. The second kappa shape index (κ2) is 5.43. The number of benzene rings is 1. The first-order valence-corrected chi connectivity index (χ1v) is 7.61. The van der Waals surface area contributed by atoms with Crippen molar-refractivity contribution in [1.29, 1.82) is 0 Å². The van der Waals surface area contributed by atoms with E-state index in [9.17, 15) is 4.39 Å². The highest BCUT2D eigenvalue weighted by Crippen LogP contribution is 2.34. The Balaban J connectivity index is 1.80. The standard InChI is InChI=1S/C16H18FNS/c1-18-14(9-11-4-2-6-13(17)8-11)16-10-12-5-3-7-15(12)19-16/h2,4,6,8,10,14,18H,3,5,7,9H2,1H3. The Morgan fingerprint density at radius 2 is 2.21 bits per heavy atom. The van der Waals surface area contributed by atoms with Crippen molar-refractivity contribution in [1.82, 2.24) is 5.32 Å². The molecule has 0 aliphatic heterocycles. The third-order valence-corrected chi connectivity index (χ3v) is 5.14. The van der Waals surface area contributed by atoms with Gasteiger partial charge in [0.1, 0.15) is 5.82 Å². The highest BCUT2D eigenvalue weighted by Gasteiger charge is 2.19. The molecule has 0 radical (unpaired) electrons. The van der Waals surface area contributed by atoms with Crippen LogP contribution < -0.4 is 5.32 Å². The summed E-state index contributed by atoms with van der Waals surface area (Å²) in [6.45, 7) is 0. The topological polar surface area (TPSA) is 12.0 Å². The largest absolute Gasteiger partial charge is 0.312 e. The summed E-state index contributed by atoms with van der Waals surface area (Å²) in [4.78, 5) is 2.94. The summed E-state index contributed by atoms with van der Waals surface area (Å²) in [5, 5.41) is 3.36. The van der Waals surface area contributed by atoms with E-state index in [1.54, 1.807) is 17.0 Å². The number of rotatable bonds is 4. The highest BCUT2D eigenvalue weighted by molar-refractivity contribution is 7.12. The Morgan fingerprint density at radius 3 is 2.95 bits per heavy atom. The minimum absolute atomic E-state index is 0.152. The van der Waals surface area contributed by atoms with Crippen LogP contribution in [0.3, 0.4) is 0 Å². The van der Waals surface area contributed by atoms with Gasteiger partial charge in [-0.2, -0.15) is 0 Å². The van der Waals surface area contributed by atoms with Gasteiger partial charge in [-0.1, -0.05) is 12.1 Å². The number of hydrogen-bond acceptors (Lipinski definition) is 2. The zero-order chi connectivity index (χ0) is 13.2. The Labute approximate surface area is 117 Å². The van der Waals surface area contributed by atoms with Gasteiger partial charge in [0, 0.05) is 15.8 Å². The van der Waals surface area contributed by atoms with Gasteiger partial charge in [0.15, 0.2) is 0 Å². The SMILES string of the molecule is CNC(Cc1cccc(F)c1)c1cc2c(s1)CCC2. The fraction of sp³-hybridized carbons (Fsp3) is 0.375. The lowest BCUT2D eigenvalue weighted by atomic mass is 10.0. The third kappa shape index (κ3) is 2.72. The molecule has 2 aromatic rings. The van der Waals surface area contributed by atoms with Gasteiger partial charge in [-0.05, 0) is 62.1 Å². The van der Waals surface area contributed by atoms with Gasteiger partial charge in [0.05, 0.1) is 0 Å². The maximum atomic E-state index is 13.2. The van der Waals surface area contributed by atoms with Crippen molar-refractivity contribution in [3.8, 4) is 0 Å². The van der Waals surface area contributed by atoms with Crippen molar-refractivity contribution in [2.45, 2.75) is 31.7 Å². The predicted molar refractivity (Wildman–Crippen MR) is 78.2 cm³/mol. The Morgan fingerprint density at radius 1 is 1.32 bits per heavy atom. The molecule has 3 heteroatoms. The van der Waals surface area contributed by atoms with Crippen molar-refractivity contribution in [3.63, 3.8) is 0 Å². The molecule has 1 aliphatic rings. The lowest BCUT2D eigenvalue weighted by Crippen LogP contribution is -2.17. The quantitative estimate of drug-likeness (QED) is 0.893. The van der Waals surface area contributed by atoms with Crippen LogP contribution in [0.1, 0.15) is 33.3 Å². The van der Waals surface area contributed by atoms with Crippen LogP contribution in [0.4, 0.5) is 4.39 Å². The third-order valence-electron chi connectivity index (χ3n) is 3.79. The Bertz CT molecular complexity index is 554. The molecule has 1 nitrogen and oxygen atoms in total. The van der Waals surface area contributed by atoms with Crippen LogP contribution in [0.2, 0.25) is 0 Å². The molecule has 100 valence electrons.